The Balaban J connectivity index is 2.15. The zero-order chi connectivity index (χ0) is 16.2. The summed E-state index contributed by atoms with van der Waals surface area (Å²) in [5, 5.41) is 0. The van der Waals surface area contributed by atoms with Crippen molar-refractivity contribution in [2.75, 3.05) is 6.61 Å². The van der Waals surface area contributed by atoms with Gasteiger partial charge in [-0.15, -0.1) is 0 Å². The first-order chi connectivity index (χ1) is 10.4. The number of carbonyl (C=O) groups excluding carboxylic acids is 1. The number of hydrogen-bond acceptors (Lipinski definition) is 3. The van der Waals surface area contributed by atoms with Crippen LogP contribution in [0.25, 0.3) is 0 Å². The molecule has 1 amide bonds. The fraction of sp³-hybridized carbons (Fsp3) is 0.500. The molecule has 1 aromatic rings. The number of hydrogen-bond donors (Lipinski definition) is 0. The lowest BCUT2D eigenvalue weighted by Crippen LogP contribution is -2.46. The summed E-state index contributed by atoms with van der Waals surface area (Å²) >= 11 is 0. The van der Waals surface area contributed by atoms with Crippen LogP contribution in [0.1, 0.15) is 33.3 Å². The predicted molar refractivity (Wildman–Crippen MR) is 86.6 cm³/mol. The van der Waals surface area contributed by atoms with E-state index in [1.54, 1.807) is 4.90 Å². The SMILES string of the molecule is C[C@@H]([C@H]1C=CCO1)N(Cc1ccccc1)C(=O)OC(C)(C)C. The first kappa shape index (κ1) is 16.6. The zero-order valence-corrected chi connectivity index (χ0v) is 13.8. The normalized spacial score (nSPS) is 19.0. The van der Waals surface area contributed by atoms with Gasteiger partial charge in [0.2, 0.25) is 0 Å². The van der Waals surface area contributed by atoms with Crippen LogP contribution in [0.2, 0.25) is 0 Å². The molecular formula is C18H25NO3. The molecule has 22 heavy (non-hydrogen) atoms. The lowest BCUT2D eigenvalue weighted by molar-refractivity contribution is -0.00579. The van der Waals surface area contributed by atoms with Gasteiger partial charge < -0.3 is 9.47 Å². The smallest absolute Gasteiger partial charge is 0.410 e. The Morgan fingerprint density at radius 3 is 2.59 bits per heavy atom. The van der Waals surface area contributed by atoms with E-state index >= 15 is 0 Å². The van der Waals surface area contributed by atoms with Crippen molar-refractivity contribution in [3.05, 3.63) is 48.0 Å². The summed E-state index contributed by atoms with van der Waals surface area (Å²) in [6.07, 6.45) is 3.59. The number of ether oxygens (including phenoxy) is 2. The molecule has 0 N–H and O–H groups in total. The molecule has 0 saturated carbocycles. The van der Waals surface area contributed by atoms with Crippen LogP contribution in [-0.2, 0) is 16.0 Å². The minimum absolute atomic E-state index is 0.0868. The standard InChI is InChI=1S/C18H25NO3/c1-14(16-11-8-12-21-16)19(17(20)22-18(2,3)4)13-15-9-6-5-7-10-15/h5-11,14,16H,12-13H2,1-4H3/t14-,16+/m0/s1. The van der Waals surface area contributed by atoms with Crippen LogP contribution in [0.15, 0.2) is 42.5 Å². The summed E-state index contributed by atoms with van der Waals surface area (Å²) < 4.78 is 11.2. The van der Waals surface area contributed by atoms with Gasteiger partial charge in [0.25, 0.3) is 0 Å². The third-order valence-electron chi connectivity index (χ3n) is 3.50. The van der Waals surface area contributed by atoms with Gasteiger partial charge in [-0.1, -0.05) is 42.5 Å². The highest BCUT2D eigenvalue weighted by atomic mass is 16.6. The van der Waals surface area contributed by atoms with Crippen molar-refractivity contribution in [3.63, 3.8) is 0 Å². The van der Waals surface area contributed by atoms with Crippen molar-refractivity contribution >= 4 is 6.09 Å². The highest BCUT2D eigenvalue weighted by Gasteiger charge is 2.31. The lowest BCUT2D eigenvalue weighted by Gasteiger charge is -2.34. The fourth-order valence-electron chi connectivity index (χ4n) is 2.36. The molecule has 0 aromatic heterocycles. The van der Waals surface area contributed by atoms with Crippen molar-refractivity contribution in [3.8, 4) is 0 Å². The van der Waals surface area contributed by atoms with Crippen LogP contribution in [0, 0.1) is 0 Å². The molecule has 1 aliphatic rings. The van der Waals surface area contributed by atoms with E-state index in [0.29, 0.717) is 13.2 Å². The Morgan fingerprint density at radius 2 is 2.05 bits per heavy atom. The molecule has 1 aromatic carbocycles. The molecule has 0 bridgehead atoms. The van der Waals surface area contributed by atoms with Crippen molar-refractivity contribution in [1.82, 2.24) is 4.90 Å². The molecule has 1 heterocycles. The number of rotatable bonds is 4. The second-order valence-corrected chi connectivity index (χ2v) is 6.56. The molecule has 2 rings (SSSR count). The maximum Gasteiger partial charge on any atom is 0.410 e. The molecule has 120 valence electrons. The molecule has 1 aliphatic heterocycles. The molecule has 0 radical (unpaired) electrons. The van der Waals surface area contributed by atoms with Gasteiger partial charge in [0, 0.05) is 6.54 Å². The van der Waals surface area contributed by atoms with Gasteiger partial charge in [-0.05, 0) is 33.3 Å². The van der Waals surface area contributed by atoms with Gasteiger partial charge >= 0.3 is 6.09 Å². The Morgan fingerprint density at radius 1 is 1.36 bits per heavy atom. The second kappa shape index (κ2) is 6.97. The summed E-state index contributed by atoms with van der Waals surface area (Å²) in [7, 11) is 0. The molecule has 0 spiro atoms. The van der Waals surface area contributed by atoms with Crippen molar-refractivity contribution in [2.24, 2.45) is 0 Å². The quantitative estimate of drug-likeness (QED) is 0.795. The number of carbonyl (C=O) groups is 1. The van der Waals surface area contributed by atoms with E-state index in [2.05, 4.69) is 0 Å². The minimum atomic E-state index is -0.516. The average Bonchev–Trinajstić information content (AvgIpc) is 2.97. The van der Waals surface area contributed by atoms with Crippen LogP contribution in [0.4, 0.5) is 4.79 Å². The van der Waals surface area contributed by atoms with Gasteiger partial charge in [0.05, 0.1) is 18.8 Å². The van der Waals surface area contributed by atoms with E-state index in [1.807, 2.05) is 70.2 Å². The molecular weight excluding hydrogens is 278 g/mol. The minimum Gasteiger partial charge on any atom is -0.444 e. The highest BCUT2D eigenvalue weighted by Crippen LogP contribution is 2.20. The average molecular weight is 303 g/mol. The Bertz CT molecular complexity index is 519. The third-order valence-corrected chi connectivity index (χ3v) is 3.50. The van der Waals surface area contributed by atoms with Gasteiger partial charge in [0.15, 0.2) is 0 Å². The van der Waals surface area contributed by atoms with Gasteiger partial charge in [-0.3, -0.25) is 4.90 Å². The van der Waals surface area contributed by atoms with Crippen molar-refractivity contribution in [2.45, 2.75) is 52.0 Å². The Hall–Kier alpha value is -1.81. The molecule has 0 fully saturated rings. The predicted octanol–water partition coefficient (Wildman–Crippen LogP) is 3.77. The van der Waals surface area contributed by atoms with Crippen molar-refractivity contribution < 1.29 is 14.3 Å². The molecule has 2 atom stereocenters. The molecule has 4 nitrogen and oxygen atoms in total. The first-order valence-electron chi connectivity index (χ1n) is 7.68. The van der Waals surface area contributed by atoms with Crippen LogP contribution >= 0.6 is 0 Å². The van der Waals surface area contributed by atoms with Crippen LogP contribution in [0.5, 0.6) is 0 Å². The summed E-state index contributed by atoms with van der Waals surface area (Å²) in [6, 6.07) is 9.84. The summed E-state index contributed by atoms with van der Waals surface area (Å²) in [4.78, 5) is 14.3. The number of benzene rings is 1. The zero-order valence-electron chi connectivity index (χ0n) is 13.8. The molecule has 0 aliphatic carbocycles. The molecule has 4 heteroatoms. The summed E-state index contributed by atoms with van der Waals surface area (Å²) in [5.41, 5.74) is 0.556. The first-order valence-corrected chi connectivity index (χ1v) is 7.68. The summed E-state index contributed by atoms with van der Waals surface area (Å²) in [6.45, 7) is 8.73. The Labute approximate surface area is 132 Å². The van der Waals surface area contributed by atoms with Gasteiger partial charge in [-0.2, -0.15) is 0 Å². The Kier molecular flexibility index (Phi) is 5.24. The van der Waals surface area contributed by atoms with Gasteiger partial charge in [0.1, 0.15) is 5.60 Å². The largest absolute Gasteiger partial charge is 0.444 e. The van der Waals surface area contributed by atoms with E-state index in [0.717, 1.165) is 5.56 Å². The van der Waals surface area contributed by atoms with Crippen LogP contribution in [-0.4, -0.2) is 35.3 Å². The monoisotopic (exact) mass is 303 g/mol. The number of nitrogens with zero attached hydrogens (tertiary/aromatic N) is 1. The summed E-state index contributed by atoms with van der Waals surface area (Å²) in [5.74, 6) is 0. The lowest BCUT2D eigenvalue weighted by atomic mass is 10.1. The highest BCUT2D eigenvalue weighted by molar-refractivity contribution is 5.68. The maximum absolute atomic E-state index is 12.6. The maximum atomic E-state index is 12.6. The van der Waals surface area contributed by atoms with E-state index in [1.165, 1.54) is 0 Å². The van der Waals surface area contributed by atoms with Gasteiger partial charge in [-0.25, -0.2) is 4.79 Å². The van der Waals surface area contributed by atoms with E-state index in [4.69, 9.17) is 9.47 Å². The fourth-order valence-corrected chi connectivity index (χ4v) is 2.36. The van der Waals surface area contributed by atoms with Crippen molar-refractivity contribution in [1.29, 1.82) is 0 Å². The topological polar surface area (TPSA) is 38.8 Å². The molecule has 0 saturated heterocycles. The second-order valence-electron chi connectivity index (χ2n) is 6.56. The number of amides is 1. The van der Waals surface area contributed by atoms with Crippen LogP contribution in [0.3, 0.4) is 0 Å². The van der Waals surface area contributed by atoms with E-state index in [9.17, 15) is 4.79 Å². The van der Waals surface area contributed by atoms with E-state index < -0.39 is 5.60 Å². The third kappa shape index (κ3) is 4.60. The molecule has 0 unspecified atom stereocenters. The van der Waals surface area contributed by atoms with Crippen LogP contribution < -0.4 is 0 Å². The van der Waals surface area contributed by atoms with E-state index in [-0.39, 0.29) is 18.2 Å².